The number of carbonyl (C=O) groups is 1. The zero-order valence-electron chi connectivity index (χ0n) is 10.6. The van der Waals surface area contributed by atoms with E-state index < -0.39 is 11.6 Å². The maximum Gasteiger partial charge on any atom is 0.164 e. The third-order valence-electron chi connectivity index (χ3n) is 3.59. The van der Waals surface area contributed by atoms with Crippen molar-refractivity contribution in [1.29, 1.82) is 0 Å². The van der Waals surface area contributed by atoms with Crippen LogP contribution in [0.4, 0.5) is 8.78 Å². The maximum absolute atomic E-state index is 13.9. The van der Waals surface area contributed by atoms with Gasteiger partial charge in [0.05, 0.1) is 11.0 Å². The number of hydrogen-bond donors (Lipinski definition) is 0. The lowest BCUT2D eigenvalue weighted by Crippen LogP contribution is -2.07. The van der Waals surface area contributed by atoms with Crippen molar-refractivity contribution in [2.24, 2.45) is 0 Å². The second-order valence-corrected chi connectivity index (χ2v) is 5.82. The molecular weight excluding hydrogens is 328 g/mol. The van der Waals surface area contributed by atoms with Crippen molar-refractivity contribution in [3.8, 4) is 0 Å². The van der Waals surface area contributed by atoms with Gasteiger partial charge in [0.15, 0.2) is 5.78 Å². The van der Waals surface area contributed by atoms with Gasteiger partial charge in [0.2, 0.25) is 0 Å². The van der Waals surface area contributed by atoms with Crippen molar-refractivity contribution >= 4 is 21.7 Å². The van der Waals surface area contributed by atoms with Crippen LogP contribution in [0.3, 0.4) is 0 Å². The molecule has 1 aliphatic carbocycles. The molecule has 104 valence electrons. The second kappa shape index (κ2) is 5.13. The van der Waals surface area contributed by atoms with Crippen LogP contribution in [0.5, 0.6) is 0 Å². The highest BCUT2D eigenvalue weighted by Gasteiger charge is 2.20. The molecule has 0 spiro atoms. The molecule has 2 nitrogen and oxygen atoms in total. The lowest BCUT2D eigenvalue weighted by molar-refractivity contribution is 0.0973. The van der Waals surface area contributed by atoms with Crippen LogP contribution in [-0.2, 0) is 13.0 Å². The van der Waals surface area contributed by atoms with Crippen LogP contribution < -0.4 is 0 Å². The number of halogens is 3. The average Bonchev–Trinajstić information content (AvgIpc) is 2.83. The summed E-state index contributed by atoms with van der Waals surface area (Å²) >= 11 is 3.06. The highest BCUT2D eigenvalue weighted by molar-refractivity contribution is 9.10. The molecule has 0 bridgehead atoms. The summed E-state index contributed by atoms with van der Waals surface area (Å²) in [5.41, 5.74) is 1.66. The van der Waals surface area contributed by atoms with Crippen molar-refractivity contribution in [2.75, 3.05) is 0 Å². The summed E-state index contributed by atoms with van der Waals surface area (Å²) in [7, 11) is 0. The first-order chi connectivity index (χ1) is 9.56. The number of benzene rings is 1. The second-order valence-electron chi connectivity index (χ2n) is 4.97. The summed E-state index contributed by atoms with van der Waals surface area (Å²) < 4.78 is 29.6. The van der Waals surface area contributed by atoms with Crippen LogP contribution in [0.25, 0.3) is 0 Å². The van der Waals surface area contributed by atoms with Crippen LogP contribution in [0.2, 0.25) is 0 Å². The zero-order valence-corrected chi connectivity index (χ0v) is 12.2. The highest BCUT2D eigenvalue weighted by atomic mass is 79.9. The fraction of sp³-hybridized carbons (Fsp3) is 0.267. The van der Waals surface area contributed by atoms with Crippen LogP contribution in [0, 0.1) is 11.6 Å². The Hall–Kier alpha value is -1.49. The number of aryl methyl sites for hydroxylation is 1. The molecule has 0 saturated heterocycles. The minimum absolute atomic E-state index is 0.000768. The number of nitrogens with zero attached hydrogens (tertiary/aromatic N) is 1. The number of aromatic nitrogens is 1. The number of rotatable bonds is 2. The molecule has 3 rings (SSSR count). The van der Waals surface area contributed by atoms with E-state index in [1.165, 1.54) is 12.1 Å². The largest absolute Gasteiger partial charge is 0.349 e. The maximum atomic E-state index is 13.9. The van der Waals surface area contributed by atoms with Gasteiger partial charge in [-0.25, -0.2) is 8.78 Å². The molecule has 0 aliphatic heterocycles. The molecule has 0 unspecified atom stereocenters. The lowest BCUT2D eigenvalue weighted by Gasteiger charge is -2.07. The predicted molar refractivity (Wildman–Crippen MR) is 74.9 cm³/mol. The average molecular weight is 340 g/mol. The fourth-order valence-corrected chi connectivity index (χ4v) is 2.94. The Bertz CT molecular complexity index is 693. The van der Waals surface area contributed by atoms with Crippen molar-refractivity contribution in [1.82, 2.24) is 4.57 Å². The van der Waals surface area contributed by atoms with Crippen LogP contribution in [-0.4, -0.2) is 10.4 Å². The molecular formula is C15H12BrF2NO. The lowest BCUT2D eigenvalue weighted by atomic mass is 9.95. The zero-order chi connectivity index (χ0) is 14.3. The number of ketones is 1. The number of fused-ring (bicyclic) bond motifs is 1. The van der Waals surface area contributed by atoms with E-state index >= 15 is 0 Å². The number of hydrogen-bond acceptors (Lipinski definition) is 1. The standard InChI is InChI=1S/C15H12BrF2NO/c16-12-4-5-13(17)11(15(12)18)8-19-6-9-2-1-3-14(20)10(9)7-19/h4-7H,1-3,8H2. The Morgan fingerprint density at radius 1 is 1.20 bits per heavy atom. The van der Waals surface area contributed by atoms with E-state index in [9.17, 15) is 13.6 Å². The van der Waals surface area contributed by atoms with E-state index in [0.717, 1.165) is 18.4 Å². The van der Waals surface area contributed by atoms with Crippen molar-refractivity contribution < 1.29 is 13.6 Å². The van der Waals surface area contributed by atoms with Crippen LogP contribution in [0.15, 0.2) is 29.0 Å². The first-order valence-electron chi connectivity index (χ1n) is 6.40. The molecule has 0 amide bonds. The number of Topliss-reactive ketones (excluding diaryl/α,β-unsaturated/α-hetero) is 1. The van der Waals surface area contributed by atoms with Gasteiger partial charge in [-0.05, 0) is 46.5 Å². The highest BCUT2D eigenvalue weighted by Crippen LogP contribution is 2.25. The third kappa shape index (κ3) is 2.30. The molecule has 0 N–H and O–H groups in total. The Morgan fingerprint density at radius 2 is 2.00 bits per heavy atom. The minimum Gasteiger partial charge on any atom is -0.349 e. The van der Waals surface area contributed by atoms with Gasteiger partial charge in [-0.1, -0.05) is 0 Å². The Morgan fingerprint density at radius 3 is 2.75 bits per heavy atom. The van der Waals surface area contributed by atoms with E-state index in [-0.39, 0.29) is 22.4 Å². The van der Waals surface area contributed by atoms with E-state index in [0.29, 0.717) is 12.0 Å². The first kappa shape index (κ1) is 13.5. The van der Waals surface area contributed by atoms with Gasteiger partial charge < -0.3 is 4.57 Å². The molecule has 0 fully saturated rings. The Balaban J connectivity index is 1.97. The van der Waals surface area contributed by atoms with Gasteiger partial charge in [0.25, 0.3) is 0 Å². The van der Waals surface area contributed by atoms with Gasteiger partial charge in [0.1, 0.15) is 11.6 Å². The smallest absolute Gasteiger partial charge is 0.164 e. The normalized spacial score (nSPS) is 14.4. The van der Waals surface area contributed by atoms with E-state index in [2.05, 4.69) is 15.9 Å². The first-order valence-corrected chi connectivity index (χ1v) is 7.20. The fourth-order valence-electron chi connectivity index (χ4n) is 2.57. The van der Waals surface area contributed by atoms with Crippen molar-refractivity contribution in [3.05, 3.63) is 57.3 Å². The molecule has 0 atom stereocenters. The van der Waals surface area contributed by atoms with Crippen molar-refractivity contribution in [2.45, 2.75) is 25.8 Å². The van der Waals surface area contributed by atoms with E-state index in [4.69, 9.17) is 0 Å². The molecule has 1 aliphatic rings. The van der Waals surface area contributed by atoms with Crippen LogP contribution >= 0.6 is 15.9 Å². The monoisotopic (exact) mass is 339 g/mol. The summed E-state index contributed by atoms with van der Waals surface area (Å²) in [5.74, 6) is -1.06. The van der Waals surface area contributed by atoms with Gasteiger partial charge >= 0.3 is 0 Å². The van der Waals surface area contributed by atoms with Gasteiger partial charge in [0, 0.05) is 29.9 Å². The summed E-state index contributed by atoms with van der Waals surface area (Å²) in [6.07, 6.45) is 5.74. The van der Waals surface area contributed by atoms with Gasteiger partial charge in [-0.3, -0.25) is 4.79 Å². The third-order valence-corrected chi connectivity index (χ3v) is 4.20. The van der Waals surface area contributed by atoms with Crippen molar-refractivity contribution in [3.63, 3.8) is 0 Å². The SMILES string of the molecule is O=C1CCCc2cn(Cc3c(F)ccc(Br)c3F)cc21. The summed E-state index contributed by atoms with van der Waals surface area (Å²) in [6, 6.07) is 2.58. The summed E-state index contributed by atoms with van der Waals surface area (Å²) in [4.78, 5) is 11.8. The van der Waals surface area contributed by atoms with E-state index in [1.807, 2.05) is 6.20 Å². The quantitative estimate of drug-likeness (QED) is 0.755. The van der Waals surface area contributed by atoms with Crippen LogP contribution in [0.1, 0.15) is 34.3 Å². The number of carbonyl (C=O) groups excluding carboxylic acids is 1. The molecule has 5 heteroatoms. The molecule has 1 heterocycles. The molecule has 1 aromatic carbocycles. The molecule has 1 aromatic heterocycles. The summed E-state index contributed by atoms with van der Waals surface area (Å²) in [6.45, 7) is 0.0807. The molecule has 2 aromatic rings. The Labute approximate surface area is 123 Å². The molecule has 0 saturated carbocycles. The minimum atomic E-state index is -0.594. The predicted octanol–water partition coefficient (Wildman–Crippen LogP) is 4.10. The molecule has 20 heavy (non-hydrogen) atoms. The molecule has 0 radical (unpaired) electrons. The van der Waals surface area contributed by atoms with Gasteiger partial charge in [-0.15, -0.1) is 0 Å². The summed E-state index contributed by atoms with van der Waals surface area (Å²) in [5, 5.41) is 0. The Kier molecular flexibility index (Phi) is 3.46. The van der Waals surface area contributed by atoms with Gasteiger partial charge in [-0.2, -0.15) is 0 Å². The van der Waals surface area contributed by atoms with E-state index in [1.54, 1.807) is 10.8 Å². The topological polar surface area (TPSA) is 22.0 Å².